The van der Waals surface area contributed by atoms with Gasteiger partial charge in [-0.2, -0.15) is 0 Å². The average Bonchev–Trinajstić information content (AvgIpc) is 0.664. The molecule has 0 spiro atoms. The van der Waals surface area contributed by atoms with Crippen LogP contribution in [0.1, 0.15) is 105 Å². The zero-order valence-electron chi connectivity index (χ0n) is 80.9. The lowest BCUT2D eigenvalue weighted by atomic mass is 9.90. The molecule has 0 aliphatic heterocycles. The number of hydrogen-bond donors (Lipinski definition) is 0. The zero-order chi connectivity index (χ0) is 86.2. The van der Waals surface area contributed by atoms with Gasteiger partial charge in [-0.05, 0) is 57.5 Å². The average molecular weight is 1800 g/mol. The molecule has 0 fully saturated rings. The number of nitrogens with zero attached hydrogens (tertiary/aromatic N) is 4. The van der Waals surface area contributed by atoms with Crippen molar-refractivity contribution in [1.82, 2.24) is 19.9 Å². The van der Waals surface area contributed by atoms with Crippen LogP contribution in [0.4, 0.5) is 0 Å². The highest BCUT2D eigenvalue weighted by Gasteiger charge is 2.65. The normalized spacial score (nSPS) is 14.8. The Morgan fingerprint density at radius 1 is 0.205 bits per heavy atom. The van der Waals surface area contributed by atoms with E-state index in [-0.39, 0.29) is 0 Å². The van der Waals surface area contributed by atoms with Gasteiger partial charge in [0, 0.05) is 123 Å². The molecule has 8 aromatic rings. The predicted molar refractivity (Wildman–Crippen MR) is 563 cm³/mol. The topological polar surface area (TPSA) is 51.6 Å². The minimum absolute atomic E-state index is 0.437. The summed E-state index contributed by atoms with van der Waals surface area (Å²) >= 11 is 0. The first-order valence-corrected chi connectivity index (χ1v) is 110. The van der Waals surface area contributed by atoms with Crippen molar-refractivity contribution in [2.45, 2.75) is 352 Å². The summed E-state index contributed by atoms with van der Waals surface area (Å²) in [6.45, 7) is 118. The van der Waals surface area contributed by atoms with Crippen LogP contribution in [-0.2, 0) is 0 Å². The molecule has 0 N–H and O–H groups in total. The van der Waals surface area contributed by atoms with Crippen LogP contribution in [0.25, 0.3) is 76.5 Å². The van der Waals surface area contributed by atoms with Crippen LogP contribution in [0.5, 0.6) is 0 Å². The minimum Gasteiger partial charge on any atom is -0.242 e. The third-order valence-corrected chi connectivity index (χ3v) is 320. The van der Waals surface area contributed by atoms with Gasteiger partial charge in [0.05, 0.1) is 60.5 Å². The zero-order valence-corrected chi connectivity index (χ0v) is 98.9. The Labute approximate surface area is 702 Å². The Balaban J connectivity index is 1.90. The van der Waals surface area contributed by atoms with Crippen LogP contribution in [-0.4, -0.2) is 154 Å². The summed E-state index contributed by atoms with van der Waals surface area (Å²) in [5.74, 6) is 17.0. The van der Waals surface area contributed by atoms with Crippen molar-refractivity contribution in [2.75, 3.05) is 0 Å². The Bertz CT molecular complexity index is 4460. The quantitative estimate of drug-likeness (QED) is 0.0330. The van der Waals surface area contributed by atoms with E-state index in [1.54, 1.807) is 0 Å². The van der Waals surface area contributed by atoms with Crippen LogP contribution in [0.3, 0.4) is 0 Å². The van der Waals surface area contributed by atoms with Crippen molar-refractivity contribution in [3.8, 4) is 45.9 Å². The Morgan fingerprint density at radius 2 is 0.339 bits per heavy atom. The monoisotopic (exact) mass is 1800 g/mol. The van der Waals surface area contributed by atoms with Crippen molar-refractivity contribution in [3.05, 3.63) is 70.8 Å². The third-order valence-electron chi connectivity index (χ3n) is 29.0. The second-order valence-corrected chi connectivity index (χ2v) is 221. The highest BCUT2D eigenvalue weighted by molar-refractivity contribution is 7.94. The lowest BCUT2D eigenvalue weighted by molar-refractivity contribution is 0.835. The maximum absolute atomic E-state index is 6.51. The lowest BCUT2D eigenvalue weighted by Gasteiger charge is -2.53. The molecular formula is C90H158N4Si18. The number of fused-ring (bicyclic) bond motifs is 8. The van der Waals surface area contributed by atoms with Gasteiger partial charge in [0.15, 0.2) is 0 Å². The summed E-state index contributed by atoms with van der Waals surface area (Å²) in [5, 5.41) is 10.2. The van der Waals surface area contributed by atoms with E-state index in [1.165, 1.54) is 42.7 Å². The first kappa shape index (κ1) is 95.2. The molecule has 8 rings (SSSR count). The standard InChI is InChI=1S/C90H158N4Si18/c1-65(2)111(66(3)4,67(5)6)75-61-77-81-78(62-75)88-90(94-86-74(56-60-110(104(40,41)42,105(43,44)45)106(46,47)48)52-50-72(84(86)92-88)54-58-108(98(22,23)24,99(25,26)27)100(28,29)30)80-64-76(112(68(7)8,69(9)10)70(11)12)63-79(82(80)81)89-87(77)91-83-71(53-57-107(95(13,14)15,96(16,17)18)97(19,20)21)49-51-73(85(83)93-89)55-59-109(101(31,32)33,102(34,35)36)103(37,38)39/h49-52,61-70H,1-48H3. The van der Waals surface area contributed by atoms with E-state index in [0.29, 0.717) is 33.2 Å². The van der Waals surface area contributed by atoms with Crippen molar-refractivity contribution in [1.29, 1.82) is 0 Å². The summed E-state index contributed by atoms with van der Waals surface area (Å²) in [5.41, 5.74) is 32.6. The van der Waals surface area contributed by atoms with Crippen LogP contribution in [0.2, 0.25) is 269 Å². The molecular weight excluding hydrogens is 1640 g/mol. The van der Waals surface area contributed by atoms with E-state index in [4.69, 9.17) is 19.9 Å². The van der Waals surface area contributed by atoms with Gasteiger partial charge < -0.3 is 0 Å². The smallest absolute Gasteiger partial charge is 0.115 e. The molecule has 2 aromatic heterocycles. The maximum atomic E-state index is 6.51. The number of benzene rings is 6. The van der Waals surface area contributed by atoms with Crippen LogP contribution in [0.15, 0.2) is 48.5 Å². The number of hydrogen-bond acceptors (Lipinski definition) is 4. The molecule has 112 heavy (non-hydrogen) atoms. The molecule has 0 amide bonds. The third kappa shape index (κ3) is 14.8. The molecule has 6 aromatic carbocycles. The fourth-order valence-electron chi connectivity index (χ4n) is 28.9. The fraction of sp³-hybridized carbons (Fsp3) is 0.600. The second-order valence-electron chi connectivity index (χ2n) is 49.2. The first-order valence-electron chi connectivity index (χ1n) is 43.3. The van der Waals surface area contributed by atoms with Gasteiger partial charge in [-0.1, -0.05) is 377 Å². The fourth-order valence-corrected chi connectivity index (χ4v) is 415. The molecule has 0 unspecified atom stereocenters. The molecule has 2 heterocycles. The van der Waals surface area contributed by atoms with E-state index in [1.807, 2.05) is 0 Å². The van der Waals surface area contributed by atoms with E-state index in [0.717, 1.165) is 66.4 Å². The molecule has 0 saturated carbocycles. The van der Waals surface area contributed by atoms with Gasteiger partial charge in [-0.3, -0.25) is 0 Å². The molecule has 610 valence electrons. The number of rotatable bonds is 20. The van der Waals surface area contributed by atoms with Gasteiger partial charge >= 0.3 is 0 Å². The molecule has 0 aliphatic carbocycles. The van der Waals surface area contributed by atoms with Crippen molar-refractivity contribution in [2.24, 2.45) is 0 Å². The van der Waals surface area contributed by atoms with E-state index in [9.17, 15) is 0 Å². The summed E-state index contributed by atoms with van der Waals surface area (Å²) in [6, 6.07) is 20.3. The SMILES string of the molecule is CC(C)[Si](c1cc2c3nc4c(C#C[Si]([Si](C)(C)C)([Si](C)(C)C)[Si](C)(C)C)ccc(C#C[Si]([Si](C)(C)C)([Si](C)(C)C)[Si](C)(C)C)c4nc3c3cc([Si](C(C)C)(C(C)C)C(C)C)cc4c5nc6c(C#C[Si]([Si](C)(C)C)([Si](C)(C)C)[Si](C)(C)C)ccc(C#C[Si]([Si](C)(C)C)([Si](C)(C)C)[Si](C)(C)C)c6nc5c(c1)c2c34)(C(C)C)C(C)C. The molecule has 4 nitrogen and oxygen atoms in total. The van der Waals surface area contributed by atoms with Crippen LogP contribution in [0, 0.1) is 45.9 Å². The Hall–Kier alpha value is -2.30. The molecule has 0 radical (unpaired) electrons. The Kier molecular flexibility index (Phi) is 25.8. The minimum atomic E-state index is -2.48. The molecule has 0 bridgehead atoms. The highest BCUT2D eigenvalue weighted by Crippen LogP contribution is 2.51. The van der Waals surface area contributed by atoms with Crippen LogP contribution < -0.4 is 10.4 Å². The van der Waals surface area contributed by atoms with Gasteiger partial charge in [-0.25, -0.2) is 19.9 Å². The molecule has 22 heteroatoms. The maximum Gasteiger partial charge on any atom is 0.115 e. The van der Waals surface area contributed by atoms with E-state index >= 15 is 0 Å². The van der Waals surface area contributed by atoms with Crippen molar-refractivity contribution >= 4 is 221 Å². The largest absolute Gasteiger partial charge is 0.242 e. The molecule has 0 saturated heterocycles. The van der Waals surface area contributed by atoms with E-state index < -0.39 is 134 Å². The Morgan fingerprint density at radius 3 is 0.455 bits per heavy atom. The first-order chi connectivity index (χ1) is 50.1. The summed E-state index contributed by atoms with van der Waals surface area (Å²) < 4.78 is 0. The lowest BCUT2D eigenvalue weighted by Crippen LogP contribution is -2.82. The summed E-state index contributed by atoms with van der Waals surface area (Å²) in [7, 11) is -26.8. The van der Waals surface area contributed by atoms with Gasteiger partial charge in [0.25, 0.3) is 0 Å². The highest BCUT2D eigenvalue weighted by atomic mass is 29.9. The second kappa shape index (κ2) is 30.4. The van der Waals surface area contributed by atoms with Crippen molar-refractivity contribution in [3.63, 3.8) is 0 Å². The summed E-state index contributed by atoms with van der Waals surface area (Å²) in [4.78, 5) is 26.0. The predicted octanol–water partition coefficient (Wildman–Crippen LogP) is 26.9. The van der Waals surface area contributed by atoms with E-state index in [2.05, 4.69) is 413 Å². The molecule has 0 aliphatic rings. The van der Waals surface area contributed by atoms with Gasteiger partial charge in [-0.15, -0.1) is 22.2 Å². The van der Waals surface area contributed by atoms with Gasteiger partial charge in [0.2, 0.25) is 0 Å². The number of aromatic nitrogens is 4. The van der Waals surface area contributed by atoms with Crippen LogP contribution >= 0.6 is 0 Å². The van der Waals surface area contributed by atoms with Crippen molar-refractivity contribution < 1.29 is 0 Å². The molecule has 0 atom stereocenters. The van der Waals surface area contributed by atoms with Gasteiger partial charge in [0.1, 0.15) is 48.6 Å². The summed E-state index contributed by atoms with van der Waals surface area (Å²) in [6.07, 6.45) is 0.